The Hall–Kier alpha value is -2.18. The van der Waals surface area contributed by atoms with Crippen molar-refractivity contribution < 1.29 is 14.7 Å². The van der Waals surface area contributed by atoms with Crippen LogP contribution < -0.4 is 10.2 Å². The molecule has 2 N–H and O–H groups in total. The molecule has 1 aromatic heterocycles. The predicted molar refractivity (Wildman–Crippen MR) is 76.8 cm³/mol. The van der Waals surface area contributed by atoms with Crippen LogP contribution >= 0.6 is 0 Å². The average molecular weight is 292 g/mol. The van der Waals surface area contributed by atoms with Gasteiger partial charge in [-0.25, -0.2) is 9.97 Å². The van der Waals surface area contributed by atoms with Crippen LogP contribution in [0.2, 0.25) is 0 Å². The van der Waals surface area contributed by atoms with E-state index in [-0.39, 0.29) is 24.3 Å². The quantitative estimate of drug-likeness (QED) is 0.800. The van der Waals surface area contributed by atoms with Crippen molar-refractivity contribution in [1.29, 1.82) is 0 Å². The van der Waals surface area contributed by atoms with Crippen LogP contribution in [-0.4, -0.2) is 46.1 Å². The molecule has 21 heavy (non-hydrogen) atoms. The number of carboxylic acids is 1. The number of carboxylic acid groups (broad SMARTS) is 1. The third-order valence-corrected chi connectivity index (χ3v) is 3.51. The summed E-state index contributed by atoms with van der Waals surface area (Å²) in [5.41, 5.74) is 0. The third-order valence-electron chi connectivity index (χ3n) is 3.51. The molecule has 7 heteroatoms. The van der Waals surface area contributed by atoms with Gasteiger partial charge in [-0.05, 0) is 24.8 Å². The van der Waals surface area contributed by atoms with E-state index in [1.807, 2.05) is 4.90 Å². The zero-order valence-electron chi connectivity index (χ0n) is 12.0. The fourth-order valence-electron chi connectivity index (χ4n) is 2.48. The van der Waals surface area contributed by atoms with Gasteiger partial charge >= 0.3 is 5.97 Å². The number of carbonyl (C=O) groups is 2. The Bertz CT molecular complexity index is 494. The average Bonchev–Trinajstić information content (AvgIpc) is 2.94. The molecule has 1 fully saturated rings. The standard InChI is InChI=1S/C14H20N4O3/c1-10(8-12(19)20)9-17-13(21)11-4-2-7-18(11)14-15-5-3-6-16-14/h3,5-6,10-11H,2,4,7-9H2,1H3,(H,17,21)(H,19,20). The Morgan fingerprint density at radius 2 is 2.19 bits per heavy atom. The van der Waals surface area contributed by atoms with Gasteiger partial charge in [0.2, 0.25) is 11.9 Å². The second kappa shape index (κ2) is 7.01. The van der Waals surface area contributed by atoms with Gasteiger partial charge in [-0.3, -0.25) is 9.59 Å². The number of anilines is 1. The van der Waals surface area contributed by atoms with Crippen molar-refractivity contribution in [3.63, 3.8) is 0 Å². The van der Waals surface area contributed by atoms with Crippen molar-refractivity contribution in [3.05, 3.63) is 18.5 Å². The minimum absolute atomic E-state index is 0.0520. The fraction of sp³-hybridized carbons (Fsp3) is 0.571. The fourth-order valence-corrected chi connectivity index (χ4v) is 2.48. The van der Waals surface area contributed by atoms with E-state index in [1.54, 1.807) is 25.4 Å². The van der Waals surface area contributed by atoms with Gasteiger partial charge in [0.25, 0.3) is 0 Å². The van der Waals surface area contributed by atoms with Gasteiger partial charge in [-0.2, -0.15) is 0 Å². The van der Waals surface area contributed by atoms with E-state index in [2.05, 4.69) is 15.3 Å². The molecule has 0 aromatic carbocycles. The summed E-state index contributed by atoms with van der Waals surface area (Å²) in [6.07, 6.45) is 5.05. The Morgan fingerprint density at radius 1 is 1.48 bits per heavy atom. The molecule has 0 radical (unpaired) electrons. The van der Waals surface area contributed by atoms with Crippen molar-refractivity contribution in [2.24, 2.45) is 5.92 Å². The van der Waals surface area contributed by atoms with Crippen molar-refractivity contribution in [2.75, 3.05) is 18.0 Å². The van der Waals surface area contributed by atoms with E-state index in [9.17, 15) is 9.59 Å². The number of rotatable bonds is 6. The maximum Gasteiger partial charge on any atom is 0.303 e. The summed E-state index contributed by atoms with van der Waals surface area (Å²) < 4.78 is 0. The number of nitrogens with zero attached hydrogens (tertiary/aromatic N) is 3. The molecule has 0 aliphatic carbocycles. The summed E-state index contributed by atoms with van der Waals surface area (Å²) in [5.74, 6) is -0.461. The van der Waals surface area contributed by atoms with Crippen LogP contribution in [0.3, 0.4) is 0 Å². The van der Waals surface area contributed by atoms with E-state index < -0.39 is 5.97 Å². The van der Waals surface area contributed by atoms with Gasteiger partial charge in [0.05, 0.1) is 0 Å². The topological polar surface area (TPSA) is 95.4 Å². The van der Waals surface area contributed by atoms with Crippen LogP contribution in [0.4, 0.5) is 5.95 Å². The van der Waals surface area contributed by atoms with Crippen LogP contribution in [-0.2, 0) is 9.59 Å². The highest BCUT2D eigenvalue weighted by Gasteiger charge is 2.32. The summed E-state index contributed by atoms with van der Waals surface area (Å²) >= 11 is 0. The first-order valence-corrected chi connectivity index (χ1v) is 7.11. The van der Waals surface area contributed by atoms with E-state index in [0.29, 0.717) is 12.5 Å². The molecule has 1 aromatic rings. The van der Waals surface area contributed by atoms with Crippen LogP contribution in [0, 0.1) is 5.92 Å². The zero-order valence-corrected chi connectivity index (χ0v) is 12.0. The number of hydrogen-bond donors (Lipinski definition) is 2. The molecule has 1 aliphatic heterocycles. The lowest BCUT2D eigenvalue weighted by Crippen LogP contribution is -2.45. The van der Waals surface area contributed by atoms with E-state index >= 15 is 0 Å². The summed E-state index contributed by atoms with van der Waals surface area (Å²) in [4.78, 5) is 33.1. The van der Waals surface area contributed by atoms with Crippen molar-refractivity contribution in [3.8, 4) is 0 Å². The van der Waals surface area contributed by atoms with Gasteiger partial charge in [0.15, 0.2) is 0 Å². The summed E-state index contributed by atoms with van der Waals surface area (Å²) in [6, 6.07) is 1.46. The molecule has 0 bridgehead atoms. The smallest absolute Gasteiger partial charge is 0.303 e. The molecule has 0 spiro atoms. The Labute approximate surface area is 123 Å². The molecule has 2 heterocycles. The highest BCUT2D eigenvalue weighted by Crippen LogP contribution is 2.21. The number of amides is 1. The monoisotopic (exact) mass is 292 g/mol. The Balaban J connectivity index is 1.91. The molecule has 2 rings (SSSR count). The highest BCUT2D eigenvalue weighted by atomic mass is 16.4. The minimum Gasteiger partial charge on any atom is -0.481 e. The summed E-state index contributed by atoms with van der Waals surface area (Å²) in [7, 11) is 0. The number of nitrogens with one attached hydrogen (secondary N) is 1. The maximum absolute atomic E-state index is 12.3. The largest absolute Gasteiger partial charge is 0.481 e. The first-order chi connectivity index (χ1) is 10.1. The van der Waals surface area contributed by atoms with Gasteiger partial charge in [-0.15, -0.1) is 0 Å². The van der Waals surface area contributed by atoms with Crippen LogP contribution in [0.5, 0.6) is 0 Å². The lowest BCUT2D eigenvalue weighted by atomic mass is 10.1. The molecule has 1 saturated heterocycles. The lowest BCUT2D eigenvalue weighted by Gasteiger charge is -2.24. The molecule has 0 saturated carbocycles. The first-order valence-electron chi connectivity index (χ1n) is 7.11. The van der Waals surface area contributed by atoms with Crippen molar-refractivity contribution in [1.82, 2.24) is 15.3 Å². The third kappa shape index (κ3) is 4.14. The molecule has 7 nitrogen and oxygen atoms in total. The summed E-state index contributed by atoms with van der Waals surface area (Å²) in [5, 5.41) is 11.5. The van der Waals surface area contributed by atoms with Crippen LogP contribution in [0.25, 0.3) is 0 Å². The van der Waals surface area contributed by atoms with E-state index in [0.717, 1.165) is 19.4 Å². The SMILES string of the molecule is CC(CNC(=O)C1CCCN1c1ncccn1)CC(=O)O. The van der Waals surface area contributed by atoms with E-state index in [4.69, 9.17) is 5.11 Å². The molecule has 1 aliphatic rings. The molecule has 114 valence electrons. The van der Waals surface area contributed by atoms with Gasteiger partial charge in [0.1, 0.15) is 6.04 Å². The molecular weight excluding hydrogens is 272 g/mol. The molecule has 1 amide bonds. The normalized spacial score (nSPS) is 19.3. The Morgan fingerprint density at radius 3 is 2.86 bits per heavy atom. The molecule has 2 unspecified atom stereocenters. The Kier molecular flexibility index (Phi) is 5.08. The van der Waals surface area contributed by atoms with Crippen molar-refractivity contribution in [2.45, 2.75) is 32.2 Å². The zero-order chi connectivity index (χ0) is 15.2. The van der Waals surface area contributed by atoms with Gasteiger partial charge < -0.3 is 15.3 Å². The molecular formula is C14H20N4O3. The number of aromatic nitrogens is 2. The molecule has 2 atom stereocenters. The lowest BCUT2D eigenvalue weighted by molar-refractivity contribution is -0.138. The van der Waals surface area contributed by atoms with Crippen LogP contribution in [0.1, 0.15) is 26.2 Å². The number of aliphatic carboxylic acids is 1. The number of carbonyl (C=O) groups excluding carboxylic acids is 1. The summed E-state index contributed by atoms with van der Waals surface area (Å²) in [6.45, 7) is 2.93. The predicted octanol–water partition coefficient (Wildman–Crippen LogP) is 0.672. The second-order valence-corrected chi connectivity index (χ2v) is 5.35. The number of hydrogen-bond acceptors (Lipinski definition) is 5. The second-order valence-electron chi connectivity index (χ2n) is 5.35. The van der Waals surface area contributed by atoms with Crippen molar-refractivity contribution >= 4 is 17.8 Å². The highest BCUT2D eigenvalue weighted by molar-refractivity contribution is 5.85. The first kappa shape index (κ1) is 15.2. The van der Waals surface area contributed by atoms with Gasteiger partial charge in [0, 0.05) is 31.9 Å². The van der Waals surface area contributed by atoms with Crippen LogP contribution in [0.15, 0.2) is 18.5 Å². The minimum atomic E-state index is -0.850. The van der Waals surface area contributed by atoms with Gasteiger partial charge in [-0.1, -0.05) is 6.92 Å². The van der Waals surface area contributed by atoms with E-state index in [1.165, 1.54) is 0 Å². The maximum atomic E-state index is 12.3.